The first-order chi connectivity index (χ1) is 25.4. The number of nitrogens with one attached hydrogen (secondary N) is 2. The molecule has 2 aromatic carbocycles. The summed E-state index contributed by atoms with van der Waals surface area (Å²) in [5.74, 6) is -1.43. The van der Waals surface area contributed by atoms with E-state index in [9.17, 15) is 19.2 Å². The molecular weight excluding hydrogens is 745 g/mol. The van der Waals surface area contributed by atoms with Gasteiger partial charge >= 0.3 is 0 Å². The summed E-state index contributed by atoms with van der Waals surface area (Å²) in [6.07, 6.45) is 6.74. The number of nitrogens with zero attached hydrogens (tertiary/aromatic N) is 5. The lowest BCUT2D eigenvalue weighted by molar-refractivity contribution is -0.134. The summed E-state index contributed by atoms with van der Waals surface area (Å²) in [7, 11) is 5.20. The van der Waals surface area contributed by atoms with Crippen molar-refractivity contribution in [1.82, 2.24) is 24.9 Å². The summed E-state index contributed by atoms with van der Waals surface area (Å²) in [5, 5.41) is 9.98. The van der Waals surface area contributed by atoms with Crippen LogP contribution in [0.3, 0.4) is 0 Å². The molecule has 3 amide bonds. The zero-order valence-electron chi connectivity index (χ0n) is 30.5. The van der Waals surface area contributed by atoms with Gasteiger partial charge < -0.3 is 24.8 Å². The van der Waals surface area contributed by atoms with E-state index < -0.39 is 17.6 Å². The molecule has 1 spiro atoms. The highest BCUT2D eigenvalue weighted by Gasteiger charge is 2.40. The van der Waals surface area contributed by atoms with E-state index in [-0.39, 0.29) is 53.2 Å². The van der Waals surface area contributed by atoms with Gasteiger partial charge in [-0.15, -0.1) is 0 Å². The first-order valence-corrected chi connectivity index (χ1v) is 19.2. The molecule has 4 saturated heterocycles. The second kappa shape index (κ2) is 15.2. The summed E-state index contributed by atoms with van der Waals surface area (Å²) in [6.45, 7) is 4.69. The van der Waals surface area contributed by atoms with Crippen LogP contribution in [0.1, 0.15) is 78.3 Å². The number of imide groups is 1. The average molecular weight is 793 g/mol. The molecule has 1 unspecified atom stereocenters. The lowest BCUT2D eigenvalue weighted by Gasteiger charge is -2.47. The summed E-state index contributed by atoms with van der Waals surface area (Å²) < 4.78 is 22.9. The quantitative estimate of drug-likeness (QED) is 0.329. The molecule has 14 heteroatoms. The van der Waals surface area contributed by atoms with E-state index in [0.717, 1.165) is 64.0 Å². The zero-order valence-corrected chi connectivity index (χ0v) is 32.1. The molecule has 5 heterocycles. The van der Waals surface area contributed by atoms with Gasteiger partial charge in [-0.3, -0.25) is 24.5 Å². The second-order valence-corrected chi connectivity index (χ2v) is 16.0. The predicted molar refractivity (Wildman–Crippen MR) is 203 cm³/mol. The number of carbonyl (C=O) groups is 3. The molecule has 0 bridgehead atoms. The number of likely N-dealkylation sites (tertiary alicyclic amines) is 2. The maximum absolute atomic E-state index is 15.5. The van der Waals surface area contributed by atoms with Gasteiger partial charge in [0.1, 0.15) is 16.0 Å². The van der Waals surface area contributed by atoms with Crippen LogP contribution in [0.2, 0.25) is 0 Å². The van der Waals surface area contributed by atoms with E-state index in [0.29, 0.717) is 34.6 Å². The number of hydrogen-bond acceptors (Lipinski definition) is 9. The summed E-state index contributed by atoms with van der Waals surface area (Å²) in [6, 6.07) is 11.5. The molecule has 3 aromatic rings. The number of benzene rings is 2. The second-order valence-electron chi connectivity index (χ2n) is 15.2. The number of halogens is 2. The number of rotatable bonds is 7. The van der Waals surface area contributed by atoms with Crippen molar-refractivity contribution in [2.24, 2.45) is 12.5 Å². The number of piperidine rings is 4. The molecule has 0 saturated carbocycles. The minimum absolute atomic E-state index is 0.0609. The molecule has 4 aliphatic rings. The standard InChI is InChI=1S/C39H47BrFN7O5/c1-45-22-26(18-27(23-45)43-31-21-42-46(2)38(52)35(31)40)24-4-6-25(7-5-24)37(51)48-16-12-39(13-17-48)10-14-47(15-11-39)28-19-30(41)34(32(20-28)53-3)29-8-9-33(49)44-36(29)50/h4-7,19-21,26-27,29,43H,8-18,22-23H2,1-3H3,(H,44,49,50)/t26-,27+,29?/m0/s1. The highest BCUT2D eigenvalue weighted by atomic mass is 79.9. The summed E-state index contributed by atoms with van der Waals surface area (Å²) in [4.78, 5) is 56.5. The van der Waals surface area contributed by atoms with Crippen LogP contribution in [0, 0.1) is 11.2 Å². The molecule has 0 aliphatic carbocycles. The SMILES string of the molecule is COc1cc(N2CCC3(CCN(C(=O)c4ccc([C@H]5C[C@@H](Nc6cnn(C)c(=O)c6Br)CN(C)C5)cc4)CC3)CC2)cc(F)c1C1CCC(=O)NC1=O. The third kappa shape index (κ3) is 7.71. The van der Waals surface area contributed by atoms with Crippen LogP contribution in [0.25, 0.3) is 0 Å². The number of methoxy groups -OCH3 is 1. The molecule has 282 valence electrons. The lowest BCUT2D eigenvalue weighted by atomic mass is 9.71. The van der Waals surface area contributed by atoms with Crippen molar-refractivity contribution in [2.45, 2.75) is 62.8 Å². The van der Waals surface area contributed by atoms with Crippen LogP contribution in [0.5, 0.6) is 5.75 Å². The number of aromatic nitrogens is 2. The number of amides is 3. The number of likely N-dealkylation sites (N-methyl/N-ethyl adjacent to an activating group) is 1. The van der Waals surface area contributed by atoms with Gasteiger partial charge in [-0.1, -0.05) is 12.1 Å². The van der Waals surface area contributed by atoms with Gasteiger partial charge in [0, 0.05) is 81.7 Å². The van der Waals surface area contributed by atoms with Gasteiger partial charge in [0.2, 0.25) is 11.8 Å². The fourth-order valence-corrected chi connectivity index (χ4v) is 9.21. The number of anilines is 2. The molecule has 53 heavy (non-hydrogen) atoms. The van der Waals surface area contributed by atoms with Crippen molar-refractivity contribution in [2.75, 3.05) is 63.6 Å². The van der Waals surface area contributed by atoms with E-state index in [1.54, 1.807) is 19.3 Å². The van der Waals surface area contributed by atoms with Gasteiger partial charge in [0.15, 0.2) is 0 Å². The molecule has 7 rings (SSSR count). The number of hydrogen-bond donors (Lipinski definition) is 2. The lowest BCUT2D eigenvalue weighted by Crippen LogP contribution is -2.48. The normalized spacial score (nSPS) is 23.5. The molecule has 0 radical (unpaired) electrons. The molecule has 1 aromatic heterocycles. The Balaban J connectivity index is 0.929. The minimum atomic E-state index is -0.762. The third-order valence-corrected chi connectivity index (χ3v) is 12.7. The van der Waals surface area contributed by atoms with Gasteiger partial charge in [-0.2, -0.15) is 5.10 Å². The topological polar surface area (TPSA) is 129 Å². The molecule has 4 fully saturated rings. The molecule has 2 N–H and O–H groups in total. The molecular formula is C39H47BrFN7O5. The van der Waals surface area contributed by atoms with Crippen molar-refractivity contribution >= 4 is 45.0 Å². The van der Waals surface area contributed by atoms with Crippen LogP contribution in [0.4, 0.5) is 15.8 Å². The largest absolute Gasteiger partial charge is 0.496 e. The highest BCUT2D eigenvalue weighted by molar-refractivity contribution is 9.10. The van der Waals surface area contributed by atoms with Crippen LogP contribution < -0.4 is 25.8 Å². The van der Waals surface area contributed by atoms with Crippen molar-refractivity contribution in [3.8, 4) is 5.75 Å². The van der Waals surface area contributed by atoms with Gasteiger partial charge in [-0.05, 0) is 96.6 Å². The van der Waals surface area contributed by atoms with Crippen LogP contribution in [-0.2, 0) is 16.6 Å². The molecule has 4 aliphatic heterocycles. The Bertz CT molecular complexity index is 1940. The van der Waals surface area contributed by atoms with Crippen molar-refractivity contribution in [3.05, 3.63) is 79.9 Å². The van der Waals surface area contributed by atoms with Crippen LogP contribution in [-0.4, -0.2) is 96.8 Å². The monoisotopic (exact) mass is 791 g/mol. The Labute approximate surface area is 317 Å². The highest BCUT2D eigenvalue weighted by Crippen LogP contribution is 2.44. The predicted octanol–water partition coefficient (Wildman–Crippen LogP) is 4.63. The smallest absolute Gasteiger partial charge is 0.282 e. The van der Waals surface area contributed by atoms with E-state index in [4.69, 9.17) is 4.74 Å². The van der Waals surface area contributed by atoms with E-state index in [1.165, 1.54) is 23.4 Å². The van der Waals surface area contributed by atoms with Gasteiger partial charge in [0.05, 0.1) is 24.9 Å². The van der Waals surface area contributed by atoms with E-state index in [2.05, 4.69) is 60.6 Å². The molecule has 12 nitrogen and oxygen atoms in total. The fourth-order valence-electron chi connectivity index (χ4n) is 8.74. The summed E-state index contributed by atoms with van der Waals surface area (Å²) in [5.41, 5.74) is 3.46. The van der Waals surface area contributed by atoms with E-state index in [1.807, 2.05) is 17.0 Å². The number of carbonyl (C=O) groups excluding carboxylic acids is 3. The number of ether oxygens (including phenoxy) is 1. The fraction of sp³-hybridized carbons (Fsp3) is 0.513. The minimum Gasteiger partial charge on any atom is -0.496 e. The van der Waals surface area contributed by atoms with Crippen molar-refractivity contribution in [1.29, 1.82) is 0 Å². The number of aryl methyl sites for hydroxylation is 1. The third-order valence-electron chi connectivity index (χ3n) is 11.9. The van der Waals surface area contributed by atoms with Crippen molar-refractivity contribution < 1.29 is 23.5 Å². The van der Waals surface area contributed by atoms with Crippen LogP contribution in [0.15, 0.2) is 51.9 Å². The van der Waals surface area contributed by atoms with Crippen LogP contribution >= 0.6 is 15.9 Å². The Morgan fingerprint density at radius 2 is 1.72 bits per heavy atom. The Morgan fingerprint density at radius 1 is 1.02 bits per heavy atom. The van der Waals surface area contributed by atoms with Gasteiger partial charge in [0.25, 0.3) is 11.5 Å². The van der Waals surface area contributed by atoms with Gasteiger partial charge in [-0.25, -0.2) is 9.07 Å². The Kier molecular flexibility index (Phi) is 10.6. The average Bonchev–Trinajstić information content (AvgIpc) is 3.15. The maximum Gasteiger partial charge on any atom is 0.282 e. The van der Waals surface area contributed by atoms with E-state index >= 15 is 4.39 Å². The summed E-state index contributed by atoms with van der Waals surface area (Å²) >= 11 is 3.42. The van der Waals surface area contributed by atoms with Crippen molar-refractivity contribution in [3.63, 3.8) is 0 Å². The maximum atomic E-state index is 15.5. The first kappa shape index (κ1) is 37.0. The Hall–Kier alpha value is -4.30. The Morgan fingerprint density at radius 3 is 2.40 bits per heavy atom. The molecule has 3 atom stereocenters. The first-order valence-electron chi connectivity index (χ1n) is 18.5. The zero-order chi connectivity index (χ0) is 37.4.